The average molecular weight is 329 g/mol. The summed E-state index contributed by atoms with van der Waals surface area (Å²) in [5.41, 5.74) is 4.74. The summed E-state index contributed by atoms with van der Waals surface area (Å²) in [6, 6.07) is 11.2. The Morgan fingerprint density at radius 3 is 2.74 bits per heavy atom. The fraction of sp³-hybridized carbons (Fsp3) is 0.235. The van der Waals surface area contributed by atoms with Crippen LogP contribution in [0.15, 0.2) is 47.6 Å². The van der Waals surface area contributed by atoms with E-state index in [9.17, 15) is 8.42 Å². The molecule has 0 saturated carbocycles. The van der Waals surface area contributed by atoms with Gasteiger partial charge >= 0.3 is 0 Å². The molecule has 120 valence electrons. The van der Waals surface area contributed by atoms with Crippen molar-refractivity contribution in [2.24, 2.45) is 0 Å². The Morgan fingerprint density at radius 2 is 1.96 bits per heavy atom. The highest BCUT2D eigenvalue weighted by Crippen LogP contribution is 2.16. The lowest BCUT2D eigenvalue weighted by Crippen LogP contribution is -2.26. The van der Waals surface area contributed by atoms with Crippen LogP contribution in [-0.2, 0) is 16.4 Å². The first kappa shape index (κ1) is 15.7. The van der Waals surface area contributed by atoms with Crippen molar-refractivity contribution in [3.63, 3.8) is 0 Å². The molecule has 0 saturated heterocycles. The van der Waals surface area contributed by atoms with Gasteiger partial charge in [-0.15, -0.1) is 0 Å². The van der Waals surface area contributed by atoms with Crippen molar-refractivity contribution in [2.75, 3.05) is 6.54 Å². The van der Waals surface area contributed by atoms with Crippen molar-refractivity contribution in [3.05, 3.63) is 59.4 Å². The molecule has 0 aliphatic heterocycles. The van der Waals surface area contributed by atoms with E-state index < -0.39 is 10.0 Å². The largest absolute Gasteiger partial charge is 0.345 e. The van der Waals surface area contributed by atoms with Crippen LogP contribution in [0.2, 0.25) is 0 Å². The van der Waals surface area contributed by atoms with Crippen LogP contribution in [0.25, 0.3) is 11.0 Å². The maximum Gasteiger partial charge on any atom is 0.240 e. The molecule has 0 amide bonds. The number of nitrogens with zero attached hydrogens (tertiary/aromatic N) is 1. The van der Waals surface area contributed by atoms with Gasteiger partial charge in [0.15, 0.2) is 0 Å². The molecule has 3 aromatic rings. The van der Waals surface area contributed by atoms with Crippen LogP contribution in [0.5, 0.6) is 0 Å². The lowest BCUT2D eigenvalue weighted by Gasteiger charge is -2.10. The first-order chi connectivity index (χ1) is 11.0. The highest BCUT2D eigenvalue weighted by molar-refractivity contribution is 7.89. The third-order valence-corrected chi connectivity index (χ3v) is 5.43. The maximum absolute atomic E-state index is 12.4. The van der Waals surface area contributed by atoms with Gasteiger partial charge in [0.1, 0.15) is 0 Å². The quantitative estimate of drug-likeness (QED) is 0.756. The molecule has 6 heteroatoms. The number of aromatic nitrogens is 2. The van der Waals surface area contributed by atoms with Gasteiger partial charge in [0, 0.05) is 6.54 Å². The molecule has 0 atom stereocenters. The van der Waals surface area contributed by atoms with E-state index in [1.165, 1.54) is 0 Å². The monoisotopic (exact) mass is 329 g/mol. The Bertz CT molecular complexity index is 945. The molecule has 0 radical (unpaired) electrons. The van der Waals surface area contributed by atoms with Crippen LogP contribution in [-0.4, -0.2) is 24.9 Å². The predicted octanol–water partition coefficient (Wildman–Crippen LogP) is 2.70. The van der Waals surface area contributed by atoms with E-state index in [2.05, 4.69) is 14.7 Å². The standard InChI is InChI=1S/C17H19N3O2S/c1-12-3-6-17(13(2)9-12)23(21,22)20-8-7-14-4-5-15-16(10-14)19-11-18-15/h3-6,9-11,20H,7-8H2,1-2H3,(H,18,19). The molecule has 2 aromatic carbocycles. The number of sulfonamides is 1. The van der Waals surface area contributed by atoms with Gasteiger partial charge in [0.25, 0.3) is 0 Å². The van der Waals surface area contributed by atoms with Crippen LogP contribution >= 0.6 is 0 Å². The molecule has 1 aromatic heterocycles. The zero-order valence-corrected chi connectivity index (χ0v) is 13.9. The molecule has 0 aliphatic rings. The summed E-state index contributed by atoms with van der Waals surface area (Å²) in [4.78, 5) is 7.56. The molecule has 23 heavy (non-hydrogen) atoms. The van der Waals surface area contributed by atoms with Gasteiger partial charge in [0.05, 0.1) is 22.3 Å². The Balaban J connectivity index is 1.69. The number of rotatable bonds is 5. The summed E-state index contributed by atoms with van der Waals surface area (Å²) in [6.45, 7) is 4.12. The Kier molecular flexibility index (Phi) is 4.19. The summed E-state index contributed by atoms with van der Waals surface area (Å²) >= 11 is 0. The maximum atomic E-state index is 12.4. The second-order valence-corrected chi connectivity index (χ2v) is 7.41. The highest BCUT2D eigenvalue weighted by atomic mass is 32.2. The van der Waals surface area contributed by atoms with E-state index in [-0.39, 0.29) is 0 Å². The van der Waals surface area contributed by atoms with E-state index in [0.29, 0.717) is 17.9 Å². The van der Waals surface area contributed by atoms with Gasteiger partial charge < -0.3 is 4.98 Å². The zero-order valence-electron chi connectivity index (χ0n) is 13.1. The minimum absolute atomic E-state index is 0.340. The molecule has 1 heterocycles. The number of hydrogen-bond acceptors (Lipinski definition) is 3. The normalized spacial score (nSPS) is 11.9. The van der Waals surface area contributed by atoms with E-state index >= 15 is 0 Å². The predicted molar refractivity (Wildman–Crippen MR) is 90.9 cm³/mol. The van der Waals surface area contributed by atoms with Gasteiger partial charge in [0.2, 0.25) is 10.0 Å². The fourth-order valence-electron chi connectivity index (χ4n) is 2.65. The van der Waals surface area contributed by atoms with Gasteiger partial charge in [-0.1, -0.05) is 23.8 Å². The fourth-order valence-corrected chi connectivity index (χ4v) is 3.90. The summed E-state index contributed by atoms with van der Waals surface area (Å²) in [5, 5.41) is 0. The SMILES string of the molecule is Cc1ccc(S(=O)(=O)NCCc2ccc3nc[nH]c3c2)c(C)c1. The van der Waals surface area contributed by atoms with E-state index in [0.717, 1.165) is 27.7 Å². The van der Waals surface area contributed by atoms with Crippen LogP contribution in [0.3, 0.4) is 0 Å². The number of fused-ring (bicyclic) bond motifs is 1. The lowest BCUT2D eigenvalue weighted by atomic mass is 10.1. The third kappa shape index (κ3) is 3.43. The van der Waals surface area contributed by atoms with Gasteiger partial charge in [-0.05, 0) is 49.6 Å². The zero-order chi connectivity index (χ0) is 16.4. The average Bonchev–Trinajstić information content (AvgIpc) is 2.94. The second kappa shape index (κ2) is 6.14. The van der Waals surface area contributed by atoms with E-state index in [4.69, 9.17) is 0 Å². The molecule has 2 N–H and O–H groups in total. The lowest BCUT2D eigenvalue weighted by molar-refractivity contribution is 0.581. The first-order valence-electron chi connectivity index (χ1n) is 7.45. The topological polar surface area (TPSA) is 74.8 Å². The van der Waals surface area contributed by atoms with E-state index in [1.54, 1.807) is 12.4 Å². The third-order valence-electron chi connectivity index (χ3n) is 3.81. The van der Waals surface area contributed by atoms with Gasteiger partial charge in [-0.25, -0.2) is 18.1 Å². The number of imidazole rings is 1. The Labute approximate surface area is 135 Å². The number of nitrogens with one attached hydrogen (secondary N) is 2. The number of aryl methyl sites for hydroxylation is 2. The van der Waals surface area contributed by atoms with Gasteiger partial charge in [-0.3, -0.25) is 0 Å². The molecular formula is C17H19N3O2S. The first-order valence-corrected chi connectivity index (χ1v) is 8.93. The molecule has 0 spiro atoms. The van der Waals surface area contributed by atoms with E-state index in [1.807, 2.05) is 44.2 Å². The van der Waals surface area contributed by atoms with Crippen molar-refractivity contribution >= 4 is 21.1 Å². The summed E-state index contributed by atoms with van der Waals surface area (Å²) in [7, 11) is -3.48. The smallest absolute Gasteiger partial charge is 0.240 e. The van der Waals surface area contributed by atoms with Crippen LogP contribution in [0.4, 0.5) is 0 Å². The molecule has 3 rings (SSSR count). The molecule has 0 aliphatic carbocycles. The van der Waals surface area contributed by atoms with Crippen LogP contribution in [0.1, 0.15) is 16.7 Å². The minimum atomic E-state index is -3.48. The number of hydrogen-bond donors (Lipinski definition) is 2. The van der Waals surface area contributed by atoms with Crippen LogP contribution in [0, 0.1) is 13.8 Å². The number of benzene rings is 2. The number of aromatic amines is 1. The van der Waals surface area contributed by atoms with Crippen molar-refractivity contribution < 1.29 is 8.42 Å². The van der Waals surface area contributed by atoms with Crippen molar-refractivity contribution in [1.29, 1.82) is 0 Å². The van der Waals surface area contributed by atoms with Crippen molar-refractivity contribution in [2.45, 2.75) is 25.2 Å². The molecular weight excluding hydrogens is 310 g/mol. The molecule has 5 nitrogen and oxygen atoms in total. The van der Waals surface area contributed by atoms with Crippen LogP contribution < -0.4 is 4.72 Å². The molecule has 0 fully saturated rings. The molecule has 0 unspecified atom stereocenters. The molecule has 0 bridgehead atoms. The minimum Gasteiger partial charge on any atom is -0.345 e. The second-order valence-electron chi connectivity index (χ2n) is 5.67. The number of H-pyrrole nitrogens is 1. The van der Waals surface area contributed by atoms with Crippen molar-refractivity contribution in [3.8, 4) is 0 Å². The summed E-state index contributed by atoms with van der Waals surface area (Å²) < 4.78 is 27.5. The van der Waals surface area contributed by atoms with Gasteiger partial charge in [-0.2, -0.15) is 0 Å². The van der Waals surface area contributed by atoms with Crippen molar-refractivity contribution in [1.82, 2.24) is 14.7 Å². The Morgan fingerprint density at radius 1 is 1.13 bits per heavy atom. The summed E-state index contributed by atoms with van der Waals surface area (Å²) in [6.07, 6.45) is 2.27. The Hall–Kier alpha value is -2.18. The summed E-state index contributed by atoms with van der Waals surface area (Å²) in [5.74, 6) is 0. The highest BCUT2D eigenvalue weighted by Gasteiger charge is 2.16.